The Morgan fingerprint density at radius 2 is 2.00 bits per heavy atom. The second-order valence-electron chi connectivity index (χ2n) is 7.06. The normalized spacial score (nSPS) is 30.3. The number of carbonyl (C=O) groups is 4. The molecule has 0 N–H and O–H groups in total. The number of rotatable bonds is 5. The standard InChI is InChI=1S/C17H24O6/c1-17(2)9-12(19)13(15(20)14(17)16(21)22-3)11(18)7-6-10-5-4-8-23-10/h10,13-14H,4-9H2,1-3H3/t10-,13+,14+/m1/s1. The van der Waals surface area contributed by atoms with E-state index in [0.717, 1.165) is 12.8 Å². The van der Waals surface area contributed by atoms with Crippen LogP contribution in [-0.4, -0.2) is 43.1 Å². The van der Waals surface area contributed by atoms with Gasteiger partial charge in [0.15, 0.2) is 17.3 Å². The Kier molecular flexibility index (Phi) is 5.34. The maximum Gasteiger partial charge on any atom is 0.316 e. The Hall–Kier alpha value is -1.56. The lowest BCUT2D eigenvalue weighted by atomic mass is 9.63. The summed E-state index contributed by atoms with van der Waals surface area (Å²) in [6.45, 7) is 4.05. The number of ketones is 3. The van der Waals surface area contributed by atoms with Gasteiger partial charge in [0.25, 0.3) is 0 Å². The molecule has 2 fully saturated rings. The molecule has 0 unspecified atom stereocenters. The van der Waals surface area contributed by atoms with Gasteiger partial charge in [-0.15, -0.1) is 0 Å². The molecular weight excluding hydrogens is 300 g/mol. The van der Waals surface area contributed by atoms with Crippen molar-refractivity contribution in [3.8, 4) is 0 Å². The van der Waals surface area contributed by atoms with Crippen molar-refractivity contribution in [3.05, 3.63) is 0 Å². The summed E-state index contributed by atoms with van der Waals surface area (Å²) in [6.07, 6.45) is 2.56. The van der Waals surface area contributed by atoms with Crippen LogP contribution >= 0.6 is 0 Å². The predicted molar refractivity (Wildman–Crippen MR) is 80.6 cm³/mol. The van der Waals surface area contributed by atoms with Crippen LogP contribution in [0.2, 0.25) is 0 Å². The molecule has 128 valence electrons. The smallest absolute Gasteiger partial charge is 0.316 e. The zero-order valence-corrected chi connectivity index (χ0v) is 13.9. The maximum atomic E-state index is 12.6. The molecule has 1 heterocycles. The number of methoxy groups -OCH3 is 1. The van der Waals surface area contributed by atoms with Crippen LogP contribution in [0.1, 0.15) is 46.0 Å². The van der Waals surface area contributed by atoms with Gasteiger partial charge in [0.05, 0.1) is 13.2 Å². The van der Waals surface area contributed by atoms with Crippen LogP contribution in [0.5, 0.6) is 0 Å². The Labute approximate surface area is 135 Å². The summed E-state index contributed by atoms with van der Waals surface area (Å²) in [5.74, 6) is -4.48. The predicted octanol–water partition coefficient (Wildman–Crippen LogP) is 1.49. The first-order valence-electron chi connectivity index (χ1n) is 8.06. The van der Waals surface area contributed by atoms with E-state index in [4.69, 9.17) is 9.47 Å². The van der Waals surface area contributed by atoms with Crippen molar-refractivity contribution in [3.63, 3.8) is 0 Å². The average molecular weight is 324 g/mol. The molecule has 6 nitrogen and oxygen atoms in total. The number of hydrogen-bond donors (Lipinski definition) is 0. The van der Waals surface area contributed by atoms with Gasteiger partial charge in [0.2, 0.25) is 0 Å². The van der Waals surface area contributed by atoms with Crippen molar-refractivity contribution < 1.29 is 28.7 Å². The monoisotopic (exact) mass is 324 g/mol. The van der Waals surface area contributed by atoms with E-state index in [-0.39, 0.29) is 18.9 Å². The summed E-state index contributed by atoms with van der Waals surface area (Å²) < 4.78 is 10.2. The molecule has 2 rings (SSSR count). The van der Waals surface area contributed by atoms with Gasteiger partial charge in [-0.2, -0.15) is 0 Å². The van der Waals surface area contributed by atoms with Crippen LogP contribution in [0.3, 0.4) is 0 Å². The average Bonchev–Trinajstić information content (AvgIpc) is 2.96. The molecule has 0 aromatic heterocycles. The zero-order chi connectivity index (χ0) is 17.2. The third kappa shape index (κ3) is 3.68. The molecule has 1 saturated heterocycles. The van der Waals surface area contributed by atoms with Crippen molar-refractivity contribution in [2.45, 2.75) is 52.1 Å². The molecular formula is C17H24O6. The van der Waals surface area contributed by atoms with Crippen LogP contribution in [0, 0.1) is 17.3 Å². The van der Waals surface area contributed by atoms with Crippen molar-refractivity contribution in [2.24, 2.45) is 17.3 Å². The molecule has 0 radical (unpaired) electrons. The van der Waals surface area contributed by atoms with E-state index in [1.54, 1.807) is 13.8 Å². The fraction of sp³-hybridized carbons (Fsp3) is 0.765. The first kappa shape index (κ1) is 17.8. The van der Waals surface area contributed by atoms with Crippen LogP contribution in [0.4, 0.5) is 0 Å². The van der Waals surface area contributed by atoms with E-state index in [1.165, 1.54) is 7.11 Å². The fourth-order valence-corrected chi connectivity index (χ4v) is 3.57. The van der Waals surface area contributed by atoms with Gasteiger partial charge in [-0.25, -0.2) is 0 Å². The minimum absolute atomic E-state index is 0.0227. The summed E-state index contributed by atoms with van der Waals surface area (Å²) in [5, 5.41) is 0. The maximum absolute atomic E-state index is 12.6. The molecule has 0 spiro atoms. The summed E-state index contributed by atoms with van der Waals surface area (Å²) in [7, 11) is 1.20. The second kappa shape index (κ2) is 6.91. The number of ether oxygens (including phenoxy) is 2. The molecule has 0 aromatic rings. The van der Waals surface area contributed by atoms with Crippen molar-refractivity contribution >= 4 is 23.3 Å². The van der Waals surface area contributed by atoms with E-state index < -0.39 is 40.6 Å². The van der Waals surface area contributed by atoms with E-state index in [1.807, 2.05) is 0 Å². The molecule has 2 aliphatic rings. The number of Topliss-reactive ketones (excluding diaryl/α,β-unsaturated/α-hetero) is 3. The highest BCUT2D eigenvalue weighted by Gasteiger charge is 2.53. The molecule has 23 heavy (non-hydrogen) atoms. The molecule has 0 bridgehead atoms. The third-order valence-corrected chi connectivity index (χ3v) is 4.80. The van der Waals surface area contributed by atoms with Crippen LogP contribution in [0.25, 0.3) is 0 Å². The van der Waals surface area contributed by atoms with E-state index in [2.05, 4.69) is 0 Å². The highest BCUT2D eigenvalue weighted by atomic mass is 16.5. The molecule has 1 aliphatic carbocycles. The number of esters is 1. The van der Waals surface area contributed by atoms with Gasteiger partial charge in [0, 0.05) is 19.4 Å². The molecule has 1 aliphatic heterocycles. The van der Waals surface area contributed by atoms with Gasteiger partial charge >= 0.3 is 5.97 Å². The van der Waals surface area contributed by atoms with Crippen LogP contribution in [0.15, 0.2) is 0 Å². The van der Waals surface area contributed by atoms with E-state index in [9.17, 15) is 19.2 Å². The summed E-state index contributed by atoms with van der Waals surface area (Å²) in [4.78, 5) is 49.2. The molecule has 0 amide bonds. The Balaban J connectivity index is 2.10. The van der Waals surface area contributed by atoms with Gasteiger partial charge in [-0.1, -0.05) is 13.8 Å². The van der Waals surface area contributed by atoms with Crippen molar-refractivity contribution in [1.29, 1.82) is 0 Å². The first-order valence-corrected chi connectivity index (χ1v) is 8.06. The SMILES string of the molecule is COC(=O)[C@@H]1C(=O)[C@@H](C(=O)CC[C@H]2CCCO2)C(=O)CC1(C)C. The number of carbonyl (C=O) groups excluding carboxylic acids is 4. The zero-order valence-electron chi connectivity index (χ0n) is 13.9. The summed E-state index contributed by atoms with van der Waals surface area (Å²) in [5.41, 5.74) is -0.827. The Morgan fingerprint density at radius 3 is 2.57 bits per heavy atom. The van der Waals surface area contributed by atoms with Gasteiger partial charge < -0.3 is 9.47 Å². The topological polar surface area (TPSA) is 86.7 Å². The molecule has 0 aromatic carbocycles. The van der Waals surface area contributed by atoms with Crippen LogP contribution < -0.4 is 0 Å². The van der Waals surface area contributed by atoms with Crippen LogP contribution in [-0.2, 0) is 28.7 Å². The molecule has 6 heteroatoms. The third-order valence-electron chi connectivity index (χ3n) is 4.80. The summed E-state index contributed by atoms with van der Waals surface area (Å²) >= 11 is 0. The highest BCUT2D eigenvalue weighted by Crippen LogP contribution is 2.40. The highest BCUT2D eigenvalue weighted by molar-refractivity contribution is 6.25. The number of hydrogen-bond acceptors (Lipinski definition) is 6. The van der Waals surface area contributed by atoms with Crippen molar-refractivity contribution in [2.75, 3.05) is 13.7 Å². The van der Waals surface area contributed by atoms with E-state index in [0.29, 0.717) is 13.0 Å². The lowest BCUT2D eigenvalue weighted by Crippen LogP contribution is -2.52. The van der Waals surface area contributed by atoms with Gasteiger partial charge in [0.1, 0.15) is 11.8 Å². The first-order chi connectivity index (χ1) is 10.8. The lowest BCUT2D eigenvalue weighted by molar-refractivity contribution is -0.161. The lowest BCUT2D eigenvalue weighted by Gasteiger charge is -2.37. The van der Waals surface area contributed by atoms with E-state index >= 15 is 0 Å². The van der Waals surface area contributed by atoms with Gasteiger partial charge in [-0.05, 0) is 24.7 Å². The molecule has 1 saturated carbocycles. The largest absolute Gasteiger partial charge is 0.468 e. The summed E-state index contributed by atoms with van der Waals surface area (Å²) in [6, 6.07) is 0. The van der Waals surface area contributed by atoms with Gasteiger partial charge in [-0.3, -0.25) is 19.2 Å². The van der Waals surface area contributed by atoms with Crippen molar-refractivity contribution in [1.82, 2.24) is 0 Å². The quantitative estimate of drug-likeness (QED) is 0.562. The Morgan fingerprint density at radius 1 is 1.30 bits per heavy atom. The fourth-order valence-electron chi connectivity index (χ4n) is 3.57. The molecule has 3 atom stereocenters. The minimum atomic E-state index is -1.33. The minimum Gasteiger partial charge on any atom is -0.468 e. The Bertz CT molecular complexity index is 515. The second-order valence-corrected chi connectivity index (χ2v) is 7.06.